The van der Waals surface area contributed by atoms with Crippen LogP contribution in [0.15, 0.2) is 48.5 Å². The first-order valence-corrected chi connectivity index (χ1v) is 7.22. The third kappa shape index (κ3) is 1.78. The number of halogens is 1. The Bertz CT molecular complexity index is 764. The van der Waals surface area contributed by atoms with Crippen LogP contribution < -0.4 is 15.0 Å². The minimum absolute atomic E-state index is 0.120. The molecular formula is C17H15FN2O2. The van der Waals surface area contributed by atoms with E-state index in [1.165, 1.54) is 11.0 Å². The number of nitrogens with zero attached hydrogens (tertiary/aromatic N) is 1. The molecule has 4 rings (SSSR count). The van der Waals surface area contributed by atoms with E-state index in [0.717, 1.165) is 11.3 Å². The van der Waals surface area contributed by atoms with Crippen LogP contribution in [0, 0.1) is 5.82 Å². The SMILES string of the molecule is C[C@@]12C[C@H](NC(=O)N1c1ccccc1F)c1ccccc1O2. The van der Waals surface area contributed by atoms with Crippen molar-refractivity contribution >= 4 is 11.7 Å². The molecule has 2 heterocycles. The molecule has 2 bridgehead atoms. The largest absolute Gasteiger partial charge is 0.467 e. The number of urea groups is 1. The summed E-state index contributed by atoms with van der Waals surface area (Å²) in [5, 5.41) is 2.95. The maximum absolute atomic E-state index is 14.2. The minimum Gasteiger partial charge on any atom is -0.467 e. The van der Waals surface area contributed by atoms with Gasteiger partial charge in [-0.05, 0) is 25.1 Å². The van der Waals surface area contributed by atoms with Gasteiger partial charge in [0, 0.05) is 12.0 Å². The first-order chi connectivity index (χ1) is 10.6. The van der Waals surface area contributed by atoms with E-state index in [2.05, 4.69) is 5.32 Å². The fourth-order valence-corrected chi connectivity index (χ4v) is 3.32. The Labute approximate surface area is 127 Å². The number of hydrogen-bond donors (Lipinski definition) is 1. The van der Waals surface area contributed by atoms with Crippen LogP contribution in [-0.2, 0) is 0 Å². The van der Waals surface area contributed by atoms with Crippen molar-refractivity contribution in [2.75, 3.05) is 4.90 Å². The zero-order valence-electron chi connectivity index (χ0n) is 12.0. The summed E-state index contributed by atoms with van der Waals surface area (Å²) in [4.78, 5) is 13.9. The zero-order valence-corrected chi connectivity index (χ0v) is 12.0. The van der Waals surface area contributed by atoms with Crippen molar-refractivity contribution in [2.45, 2.75) is 25.1 Å². The number of para-hydroxylation sites is 2. The Morgan fingerprint density at radius 3 is 2.77 bits per heavy atom. The predicted octanol–water partition coefficient (Wildman–Crippen LogP) is 3.60. The Hall–Kier alpha value is -2.56. The Morgan fingerprint density at radius 2 is 1.95 bits per heavy atom. The number of benzene rings is 2. The summed E-state index contributed by atoms with van der Waals surface area (Å²) in [7, 11) is 0. The number of rotatable bonds is 1. The van der Waals surface area contributed by atoms with Gasteiger partial charge in [-0.15, -0.1) is 0 Å². The summed E-state index contributed by atoms with van der Waals surface area (Å²) in [5.74, 6) is 0.280. The topological polar surface area (TPSA) is 41.6 Å². The number of anilines is 1. The van der Waals surface area contributed by atoms with E-state index in [0.29, 0.717) is 6.42 Å². The lowest BCUT2D eigenvalue weighted by Crippen LogP contribution is -2.65. The van der Waals surface area contributed by atoms with Crippen molar-refractivity contribution in [3.63, 3.8) is 0 Å². The van der Waals surface area contributed by atoms with E-state index in [-0.39, 0.29) is 17.8 Å². The molecule has 112 valence electrons. The van der Waals surface area contributed by atoms with Crippen molar-refractivity contribution in [1.82, 2.24) is 5.32 Å². The third-order valence-electron chi connectivity index (χ3n) is 4.27. The highest BCUT2D eigenvalue weighted by Crippen LogP contribution is 2.45. The molecule has 0 saturated carbocycles. The second-order valence-corrected chi connectivity index (χ2v) is 5.81. The van der Waals surface area contributed by atoms with E-state index in [9.17, 15) is 9.18 Å². The van der Waals surface area contributed by atoms with Crippen LogP contribution in [0.4, 0.5) is 14.9 Å². The van der Waals surface area contributed by atoms with Gasteiger partial charge < -0.3 is 10.1 Å². The molecule has 2 aromatic rings. The highest BCUT2D eigenvalue weighted by Gasteiger charge is 2.50. The molecule has 0 aliphatic carbocycles. The Balaban J connectivity index is 1.84. The minimum atomic E-state index is -0.913. The molecule has 1 fully saturated rings. The van der Waals surface area contributed by atoms with Gasteiger partial charge in [0.2, 0.25) is 0 Å². The molecule has 2 aromatic carbocycles. The van der Waals surface area contributed by atoms with Crippen LogP contribution in [0.2, 0.25) is 0 Å². The highest BCUT2D eigenvalue weighted by atomic mass is 19.1. The molecule has 2 amide bonds. The molecule has 2 atom stereocenters. The van der Waals surface area contributed by atoms with Crippen LogP contribution in [-0.4, -0.2) is 11.8 Å². The van der Waals surface area contributed by atoms with E-state index in [4.69, 9.17) is 4.74 Å². The van der Waals surface area contributed by atoms with E-state index in [1.807, 2.05) is 31.2 Å². The van der Waals surface area contributed by atoms with Gasteiger partial charge in [-0.25, -0.2) is 9.18 Å². The summed E-state index contributed by atoms with van der Waals surface area (Å²) in [6, 6.07) is 13.4. The Kier molecular flexibility index (Phi) is 2.66. The lowest BCUT2D eigenvalue weighted by Gasteiger charge is -2.50. The summed E-state index contributed by atoms with van der Waals surface area (Å²) in [5.41, 5.74) is 0.269. The molecule has 4 nitrogen and oxygen atoms in total. The number of amides is 2. The maximum Gasteiger partial charge on any atom is 0.325 e. The monoisotopic (exact) mass is 298 g/mol. The highest BCUT2D eigenvalue weighted by molar-refractivity contribution is 5.95. The molecule has 1 saturated heterocycles. The summed E-state index contributed by atoms with van der Waals surface area (Å²) >= 11 is 0. The van der Waals surface area contributed by atoms with Crippen molar-refractivity contribution in [2.24, 2.45) is 0 Å². The van der Waals surface area contributed by atoms with Crippen molar-refractivity contribution in [1.29, 1.82) is 0 Å². The fourth-order valence-electron chi connectivity index (χ4n) is 3.32. The molecule has 1 N–H and O–H groups in total. The molecule has 5 heteroatoms. The predicted molar refractivity (Wildman–Crippen MR) is 80.2 cm³/mol. The second-order valence-electron chi connectivity index (χ2n) is 5.81. The lowest BCUT2D eigenvalue weighted by atomic mass is 9.90. The lowest BCUT2D eigenvalue weighted by molar-refractivity contribution is 0.0373. The molecule has 0 aromatic heterocycles. The quantitative estimate of drug-likeness (QED) is 0.874. The number of nitrogens with one attached hydrogen (secondary N) is 1. The second kappa shape index (κ2) is 4.47. The van der Waals surface area contributed by atoms with Crippen LogP contribution >= 0.6 is 0 Å². The average molecular weight is 298 g/mol. The normalized spacial score (nSPS) is 26.0. The molecule has 22 heavy (non-hydrogen) atoms. The number of carbonyl (C=O) groups is 1. The number of ether oxygens (including phenoxy) is 1. The summed E-state index contributed by atoms with van der Waals surface area (Å²) < 4.78 is 20.2. The van der Waals surface area contributed by atoms with Gasteiger partial charge >= 0.3 is 6.03 Å². The molecular weight excluding hydrogens is 283 g/mol. The van der Waals surface area contributed by atoms with Gasteiger partial charge in [-0.3, -0.25) is 4.90 Å². The van der Waals surface area contributed by atoms with Gasteiger partial charge in [0.15, 0.2) is 5.72 Å². The number of carbonyl (C=O) groups excluding carboxylic acids is 1. The average Bonchev–Trinajstić information content (AvgIpc) is 2.48. The number of fused-ring (bicyclic) bond motifs is 4. The molecule has 2 aliphatic heterocycles. The molecule has 2 aliphatic rings. The van der Waals surface area contributed by atoms with E-state index in [1.54, 1.807) is 18.2 Å². The van der Waals surface area contributed by atoms with Gasteiger partial charge in [0.25, 0.3) is 0 Å². The Morgan fingerprint density at radius 1 is 1.23 bits per heavy atom. The van der Waals surface area contributed by atoms with Crippen molar-refractivity contribution < 1.29 is 13.9 Å². The smallest absolute Gasteiger partial charge is 0.325 e. The van der Waals surface area contributed by atoms with Gasteiger partial charge in [-0.1, -0.05) is 30.3 Å². The number of hydrogen-bond acceptors (Lipinski definition) is 2. The summed E-state index contributed by atoms with van der Waals surface area (Å²) in [6.07, 6.45) is 0.560. The molecule has 0 spiro atoms. The maximum atomic E-state index is 14.2. The van der Waals surface area contributed by atoms with Crippen LogP contribution in [0.5, 0.6) is 5.75 Å². The van der Waals surface area contributed by atoms with Crippen molar-refractivity contribution in [3.05, 3.63) is 59.9 Å². The third-order valence-corrected chi connectivity index (χ3v) is 4.27. The van der Waals surface area contributed by atoms with Crippen LogP contribution in [0.1, 0.15) is 24.9 Å². The first kappa shape index (κ1) is 13.1. The molecule has 0 unspecified atom stereocenters. The zero-order chi connectivity index (χ0) is 15.3. The van der Waals surface area contributed by atoms with Gasteiger partial charge in [0.05, 0.1) is 11.7 Å². The van der Waals surface area contributed by atoms with Gasteiger partial charge in [0.1, 0.15) is 11.6 Å². The summed E-state index contributed by atoms with van der Waals surface area (Å²) in [6.45, 7) is 1.82. The van der Waals surface area contributed by atoms with Crippen LogP contribution in [0.3, 0.4) is 0 Å². The van der Waals surface area contributed by atoms with E-state index >= 15 is 0 Å². The van der Waals surface area contributed by atoms with E-state index < -0.39 is 11.5 Å². The fraction of sp³-hybridized carbons (Fsp3) is 0.235. The molecule has 0 radical (unpaired) electrons. The van der Waals surface area contributed by atoms with Crippen LogP contribution in [0.25, 0.3) is 0 Å². The van der Waals surface area contributed by atoms with Crippen molar-refractivity contribution in [3.8, 4) is 5.75 Å². The first-order valence-electron chi connectivity index (χ1n) is 7.22. The van der Waals surface area contributed by atoms with Gasteiger partial charge in [-0.2, -0.15) is 0 Å². The standard InChI is InChI=1S/C17H15FN2O2/c1-17-10-13(11-6-2-5-9-15(11)22-17)19-16(21)20(17)14-8-4-3-7-12(14)18/h2-9,13H,10H2,1H3,(H,19,21)/t13-,17+/m0/s1.